The van der Waals surface area contributed by atoms with Crippen LogP contribution in [0, 0.1) is 0 Å². The number of hydrogen-bond donors (Lipinski definition) is 1. The lowest BCUT2D eigenvalue weighted by Crippen LogP contribution is -2.40. The molecule has 0 spiro atoms. The lowest BCUT2D eigenvalue weighted by atomic mass is 9.99. The largest absolute Gasteiger partial charge is 0.496 e. The van der Waals surface area contributed by atoms with Crippen molar-refractivity contribution in [2.45, 2.75) is 51.5 Å². The van der Waals surface area contributed by atoms with Crippen LogP contribution in [0.3, 0.4) is 0 Å². The summed E-state index contributed by atoms with van der Waals surface area (Å²) in [4.78, 5) is 0. The SMILES string of the molecule is COc1ccccc1CNC1CC(C)OC(C)C1. The van der Waals surface area contributed by atoms with Crippen molar-refractivity contribution in [1.29, 1.82) is 0 Å². The molecule has 100 valence electrons. The topological polar surface area (TPSA) is 30.5 Å². The summed E-state index contributed by atoms with van der Waals surface area (Å²) in [6.07, 6.45) is 2.87. The number of benzene rings is 1. The first kappa shape index (κ1) is 13.4. The van der Waals surface area contributed by atoms with Crippen molar-refractivity contribution in [3.8, 4) is 5.75 Å². The van der Waals surface area contributed by atoms with Crippen LogP contribution >= 0.6 is 0 Å². The van der Waals surface area contributed by atoms with Crippen LogP contribution in [0.25, 0.3) is 0 Å². The van der Waals surface area contributed by atoms with Crippen LogP contribution in [0.5, 0.6) is 5.75 Å². The van der Waals surface area contributed by atoms with Gasteiger partial charge in [-0.1, -0.05) is 18.2 Å². The van der Waals surface area contributed by atoms with Crippen LogP contribution in [0.4, 0.5) is 0 Å². The van der Waals surface area contributed by atoms with E-state index in [1.54, 1.807) is 7.11 Å². The summed E-state index contributed by atoms with van der Waals surface area (Å²) in [5.41, 5.74) is 1.21. The Labute approximate surface area is 109 Å². The van der Waals surface area contributed by atoms with Crippen LogP contribution in [0.15, 0.2) is 24.3 Å². The second-order valence-electron chi connectivity index (χ2n) is 5.12. The Hall–Kier alpha value is -1.06. The van der Waals surface area contributed by atoms with Gasteiger partial charge < -0.3 is 14.8 Å². The Morgan fingerprint density at radius 2 is 1.89 bits per heavy atom. The van der Waals surface area contributed by atoms with Gasteiger partial charge in [-0.2, -0.15) is 0 Å². The molecule has 1 N–H and O–H groups in total. The summed E-state index contributed by atoms with van der Waals surface area (Å²) in [7, 11) is 1.72. The molecule has 1 aliphatic heterocycles. The molecule has 1 aliphatic rings. The third kappa shape index (κ3) is 3.47. The summed E-state index contributed by atoms with van der Waals surface area (Å²) >= 11 is 0. The van der Waals surface area contributed by atoms with Gasteiger partial charge in [0.15, 0.2) is 0 Å². The standard InChI is InChI=1S/C15H23NO2/c1-11-8-14(9-12(2)18-11)16-10-13-6-4-5-7-15(13)17-3/h4-7,11-12,14,16H,8-10H2,1-3H3. The summed E-state index contributed by atoms with van der Waals surface area (Å²) in [6, 6.07) is 8.70. The zero-order chi connectivity index (χ0) is 13.0. The minimum atomic E-state index is 0.351. The first-order chi connectivity index (χ1) is 8.69. The zero-order valence-electron chi connectivity index (χ0n) is 11.5. The average molecular weight is 249 g/mol. The van der Waals surface area contributed by atoms with Gasteiger partial charge in [-0.15, -0.1) is 0 Å². The number of hydrogen-bond acceptors (Lipinski definition) is 3. The highest BCUT2D eigenvalue weighted by molar-refractivity contribution is 5.33. The number of ether oxygens (including phenoxy) is 2. The smallest absolute Gasteiger partial charge is 0.123 e. The second kappa shape index (κ2) is 6.21. The van der Waals surface area contributed by atoms with Crippen molar-refractivity contribution >= 4 is 0 Å². The van der Waals surface area contributed by atoms with Crippen molar-refractivity contribution in [2.24, 2.45) is 0 Å². The Morgan fingerprint density at radius 3 is 2.56 bits per heavy atom. The fourth-order valence-electron chi connectivity index (χ4n) is 2.68. The number of para-hydroxylation sites is 1. The summed E-state index contributed by atoms with van der Waals surface area (Å²) < 4.78 is 11.1. The van der Waals surface area contributed by atoms with Crippen molar-refractivity contribution in [3.05, 3.63) is 29.8 Å². The van der Waals surface area contributed by atoms with E-state index in [1.807, 2.05) is 12.1 Å². The van der Waals surface area contributed by atoms with E-state index in [0.717, 1.165) is 25.1 Å². The first-order valence-corrected chi connectivity index (χ1v) is 6.69. The maximum atomic E-state index is 5.75. The second-order valence-corrected chi connectivity index (χ2v) is 5.12. The van der Waals surface area contributed by atoms with E-state index in [-0.39, 0.29) is 0 Å². The fraction of sp³-hybridized carbons (Fsp3) is 0.600. The molecule has 1 saturated heterocycles. The average Bonchev–Trinajstić information content (AvgIpc) is 2.35. The summed E-state index contributed by atoms with van der Waals surface area (Å²) in [6.45, 7) is 5.15. The highest BCUT2D eigenvalue weighted by Crippen LogP contribution is 2.21. The number of rotatable bonds is 4. The van der Waals surface area contributed by atoms with Gasteiger partial charge in [0.05, 0.1) is 19.3 Å². The Morgan fingerprint density at radius 1 is 1.22 bits per heavy atom. The van der Waals surface area contributed by atoms with Gasteiger partial charge >= 0.3 is 0 Å². The number of methoxy groups -OCH3 is 1. The molecular formula is C15H23NO2. The Balaban J connectivity index is 1.91. The molecule has 1 aromatic carbocycles. The van der Waals surface area contributed by atoms with Crippen LogP contribution in [0.2, 0.25) is 0 Å². The van der Waals surface area contributed by atoms with Gasteiger partial charge in [0.25, 0.3) is 0 Å². The summed E-state index contributed by atoms with van der Waals surface area (Å²) in [5.74, 6) is 0.957. The van der Waals surface area contributed by atoms with Gasteiger partial charge in [-0.05, 0) is 32.8 Å². The highest BCUT2D eigenvalue weighted by Gasteiger charge is 2.23. The molecule has 0 amide bonds. The molecule has 1 heterocycles. The monoisotopic (exact) mass is 249 g/mol. The van der Waals surface area contributed by atoms with Gasteiger partial charge in [0.1, 0.15) is 5.75 Å². The molecule has 2 atom stereocenters. The molecule has 18 heavy (non-hydrogen) atoms. The molecule has 0 radical (unpaired) electrons. The van der Waals surface area contributed by atoms with E-state index in [4.69, 9.17) is 9.47 Å². The maximum absolute atomic E-state index is 5.75. The molecule has 0 aromatic heterocycles. The lowest BCUT2D eigenvalue weighted by molar-refractivity contribution is -0.0423. The maximum Gasteiger partial charge on any atom is 0.123 e. The van der Waals surface area contributed by atoms with E-state index in [1.165, 1.54) is 5.56 Å². The van der Waals surface area contributed by atoms with E-state index in [9.17, 15) is 0 Å². The van der Waals surface area contributed by atoms with Crippen molar-refractivity contribution < 1.29 is 9.47 Å². The van der Waals surface area contributed by atoms with Crippen molar-refractivity contribution in [1.82, 2.24) is 5.32 Å². The van der Waals surface area contributed by atoms with E-state index < -0.39 is 0 Å². The Bertz CT molecular complexity index is 371. The zero-order valence-corrected chi connectivity index (χ0v) is 11.5. The van der Waals surface area contributed by atoms with Crippen LogP contribution in [0.1, 0.15) is 32.3 Å². The van der Waals surface area contributed by atoms with E-state index >= 15 is 0 Å². The molecule has 0 saturated carbocycles. The molecule has 2 unspecified atom stereocenters. The molecule has 1 fully saturated rings. The predicted octanol–water partition coefficient (Wildman–Crippen LogP) is 2.74. The number of nitrogens with one attached hydrogen (secondary N) is 1. The van der Waals surface area contributed by atoms with Crippen LogP contribution in [-0.4, -0.2) is 25.4 Å². The molecule has 3 nitrogen and oxygen atoms in total. The normalized spacial score (nSPS) is 28.1. The minimum absolute atomic E-state index is 0.351. The highest BCUT2D eigenvalue weighted by atomic mass is 16.5. The van der Waals surface area contributed by atoms with Gasteiger partial charge in [-0.3, -0.25) is 0 Å². The Kier molecular flexibility index (Phi) is 4.61. The van der Waals surface area contributed by atoms with Crippen molar-refractivity contribution in [3.63, 3.8) is 0 Å². The minimum Gasteiger partial charge on any atom is -0.496 e. The molecule has 1 aromatic rings. The van der Waals surface area contributed by atoms with Crippen molar-refractivity contribution in [2.75, 3.05) is 7.11 Å². The van der Waals surface area contributed by atoms with Gasteiger partial charge in [-0.25, -0.2) is 0 Å². The van der Waals surface area contributed by atoms with Gasteiger partial charge in [0.2, 0.25) is 0 Å². The van der Waals surface area contributed by atoms with E-state index in [2.05, 4.69) is 31.3 Å². The lowest BCUT2D eigenvalue weighted by Gasteiger charge is -2.32. The van der Waals surface area contributed by atoms with Crippen LogP contribution in [-0.2, 0) is 11.3 Å². The first-order valence-electron chi connectivity index (χ1n) is 6.69. The van der Waals surface area contributed by atoms with Gasteiger partial charge in [0, 0.05) is 18.2 Å². The molecular weight excluding hydrogens is 226 g/mol. The fourth-order valence-corrected chi connectivity index (χ4v) is 2.68. The molecule has 2 rings (SSSR count). The van der Waals surface area contributed by atoms with E-state index in [0.29, 0.717) is 18.2 Å². The predicted molar refractivity (Wildman–Crippen MR) is 72.9 cm³/mol. The third-order valence-electron chi connectivity index (χ3n) is 3.47. The summed E-state index contributed by atoms with van der Waals surface area (Å²) in [5, 5.41) is 3.61. The third-order valence-corrected chi connectivity index (χ3v) is 3.47. The molecule has 0 bridgehead atoms. The quantitative estimate of drug-likeness (QED) is 0.890. The molecule has 3 heteroatoms. The molecule has 0 aliphatic carbocycles. The van der Waals surface area contributed by atoms with Crippen LogP contribution < -0.4 is 10.1 Å².